The summed E-state index contributed by atoms with van der Waals surface area (Å²) in [5, 5.41) is 0. The van der Waals surface area contributed by atoms with Crippen LogP contribution in [0, 0.1) is 5.92 Å². The summed E-state index contributed by atoms with van der Waals surface area (Å²) in [5.74, 6) is 0.902. The zero-order chi connectivity index (χ0) is 7.56. The predicted octanol–water partition coefficient (Wildman–Crippen LogP) is 2.63. The van der Waals surface area contributed by atoms with Crippen molar-refractivity contribution in [2.45, 2.75) is 38.9 Å². The number of ether oxygens (including phenoxy) is 1. The van der Waals surface area contributed by atoms with Gasteiger partial charge in [0.2, 0.25) is 0 Å². The van der Waals surface area contributed by atoms with Crippen molar-refractivity contribution in [3.8, 4) is 0 Å². The summed E-state index contributed by atoms with van der Waals surface area (Å²) in [4.78, 5) is 0. The zero-order valence-electron chi connectivity index (χ0n) is 6.64. The van der Waals surface area contributed by atoms with E-state index in [2.05, 4.69) is 36.4 Å². The lowest BCUT2D eigenvalue weighted by molar-refractivity contribution is -0.0471. The van der Waals surface area contributed by atoms with E-state index in [1.165, 1.54) is 17.3 Å². The lowest BCUT2D eigenvalue weighted by Crippen LogP contribution is -2.29. The molecule has 2 unspecified atom stereocenters. The first kappa shape index (κ1) is 8.78. The van der Waals surface area contributed by atoms with Crippen LogP contribution in [-0.4, -0.2) is 16.6 Å². The van der Waals surface area contributed by atoms with Gasteiger partial charge in [-0.3, -0.25) is 0 Å². The van der Waals surface area contributed by atoms with Crippen LogP contribution in [0.4, 0.5) is 0 Å². The minimum absolute atomic E-state index is 0.489. The SMILES string of the molecule is CC1CC(CI)C[C@@H](C)O1. The van der Waals surface area contributed by atoms with Gasteiger partial charge >= 0.3 is 0 Å². The van der Waals surface area contributed by atoms with Crippen molar-refractivity contribution < 1.29 is 4.74 Å². The van der Waals surface area contributed by atoms with Gasteiger partial charge in [0.05, 0.1) is 12.2 Å². The van der Waals surface area contributed by atoms with E-state index in [0.29, 0.717) is 12.2 Å². The molecule has 1 aliphatic rings. The topological polar surface area (TPSA) is 9.23 Å². The van der Waals surface area contributed by atoms with Crippen LogP contribution >= 0.6 is 22.6 Å². The lowest BCUT2D eigenvalue weighted by Gasteiger charge is -2.30. The Bertz CT molecular complexity index is 95.4. The second-order valence-corrected chi connectivity index (χ2v) is 4.13. The average Bonchev–Trinajstić information content (AvgIpc) is 1.85. The summed E-state index contributed by atoms with van der Waals surface area (Å²) in [6, 6.07) is 0. The van der Waals surface area contributed by atoms with Gasteiger partial charge in [0.1, 0.15) is 0 Å². The molecular weight excluding hydrogens is 239 g/mol. The van der Waals surface area contributed by atoms with Crippen molar-refractivity contribution in [2.24, 2.45) is 5.92 Å². The number of hydrogen-bond acceptors (Lipinski definition) is 1. The van der Waals surface area contributed by atoms with Gasteiger partial charge in [-0.05, 0) is 32.6 Å². The van der Waals surface area contributed by atoms with Gasteiger partial charge in [-0.2, -0.15) is 0 Å². The first-order valence-corrected chi connectivity index (χ1v) is 5.46. The highest BCUT2D eigenvalue weighted by molar-refractivity contribution is 14.1. The molecule has 0 radical (unpaired) electrons. The molecular formula is C8H15IO. The Morgan fingerprint density at radius 3 is 2.20 bits per heavy atom. The number of hydrogen-bond donors (Lipinski definition) is 0. The van der Waals surface area contributed by atoms with Crippen molar-refractivity contribution in [2.75, 3.05) is 4.43 Å². The number of rotatable bonds is 1. The first-order valence-electron chi connectivity index (χ1n) is 3.93. The largest absolute Gasteiger partial charge is 0.376 e. The van der Waals surface area contributed by atoms with Crippen molar-refractivity contribution >= 4 is 22.6 Å². The highest BCUT2D eigenvalue weighted by Gasteiger charge is 2.22. The van der Waals surface area contributed by atoms with E-state index in [1.807, 2.05) is 0 Å². The third-order valence-corrected chi connectivity index (χ3v) is 3.26. The van der Waals surface area contributed by atoms with E-state index in [4.69, 9.17) is 4.74 Å². The zero-order valence-corrected chi connectivity index (χ0v) is 8.80. The monoisotopic (exact) mass is 254 g/mol. The molecule has 1 heterocycles. The molecule has 0 aliphatic carbocycles. The Morgan fingerprint density at radius 1 is 1.30 bits per heavy atom. The van der Waals surface area contributed by atoms with E-state index >= 15 is 0 Å². The normalized spacial score (nSPS) is 41.7. The molecule has 60 valence electrons. The Labute approximate surface area is 76.7 Å². The van der Waals surface area contributed by atoms with Gasteiger partial charge in [-0.1, -0.05) is 22.6 Å². The molecule has 0 aromatic heterocycles. The molecule has 0 saturated carbocycles. The highest BCUT2D eigenvalue weighted by atomic mass is 127. The fourth-order valence-corrected chi connectivity index (χ4v) is 2.39. The van der Waals surface area contributed by atoms with Crippen LogP contribution in [-0.2, 0) is 4.74 Å². The lowest BCUT2D eigenvalue weighted by atomic mass is 9.95. The second kappa shape index (κ2) is 3.90. The van der Waals surface area contributed by atoms with Crippen LogP contribution in [0.2, 0.25) is 0 Å². The Kier molecular flexibility index (Phi) is 3.43. The fraction of sp³-hybridized carbons (Fsp3) is 1.00. The Morgan fingerprint density at radius 2 is 1.80 bits per heavy atom. The molecule has 2 heteroatoms. The highest BCUT2D eigenvalue weighted by Crippen LogP contribution is 2.25. The van der Waals surface area contributed by atoms with Crippen LogP contribution in [0.25, 0.3) is 0 Å². The van der Waals surface area contributed by atoms with Crippen LogP contribution in [0.5, 0.6) is 0 Å². The van der Waals surface area contributed by atoms with E-state index < -0.39 is 0 Å². The first-order chi connectivity index (χ1) is 4.72. The number of alkyl halides is 1. The number of halogens is 1. The summed E-state index contributed by atoms with van der Waals surface area (Å²) < 4.78 is 6.90. The maximum atomic E-state index is 5.61. The molecule has 1 aliphatic heterocycles. The molecule has 0 amide bonds. The third-order valence-electron chi connectivity index (χ3n) is 2.01. The molecule has 1 rings (SSSR count). The molecule has 1 fully saturated rings. The predicted molar refractivity (Wildman–Crippen MR) is 51.6 cm³/mol. The molecule has 1 nitrogen and oxygen atoms in total. The Balaban J connectivity index is 2.35. The van der Waals surface area contributed by atoms with Crippen molar-refractivity contribution in [3.63, 3.8) is 0 Å². The van der Waals surface area contributed by atoms with Gasteiger partial charge in [-0.25, -0.2) is 0 Å². The van der Waals surface area contributed by atoms with E-state index in [9.17, 15) is 0 Å². The van der Waals surface area contributed by atoms with Gasteiger partial charge in [0, 0.05) is 4.43 Å². The maximum absolute atomic E-state index is 5.61. The van der Waals surface area contributed by atoms with Crippen molar-refractivity contribution in [1.82, 2.24) is 0 Å². The molecule has 0 spiro atoms. The van der Waals surface area contributed by atoms with Crippen LogP contribution in [0.15, 0.2) is 0 Å². The van der Waals surface area contributed by atoms with Gasteiger partial charge < -0.3 is 4.74 Å². The molecule has 10 heavy (non-hydrogen) atoms. The standard InChI is InChI=1S/C8H15IO/c1-6-3-8(5-9)4-7(2)10-6/h6-8H,3-5H2,1-2H3/t6-,7?,8?/m1/s1. The van der Waals surface area contributed by atoms with Gasteiger partial charge in [-0.15, -0.1) is 0 Å². The molecule has 0 N–H and O–H groups in total. The van der Waals surface area contributed by atoms with Crippen LogP contribution in [0.3, 0.4) is 0 Å². The smallest absolute Gasteiger partial charge is 0.0553 e. The van der Waals surface area contributed by atoms with Crippen LogP contribution < -0.4 is 0 Å². The minimum atomic E-state index is 0.489. The van der Waals surface area contributed by atoms with Crippen molar-refractivity contribution in [1.29, 1.82) is 0 Å². The van der Waals surface area contributed by atoms with E-state index in [-0.39, 0.29) is 0 Å². The molecule has 0 bridgehead atoms. The summed E-state index contributed by atoms with van der Waals surface area (Å²) in [5.41, 5.74) is 0. The maximum Gasteiger partial charge on any atom is 0.0553 e. The summed E-state index contributed by atoms with van der Waals surface area (Å²) in [6.45, 7) is 4.35. The quantitative estimate of drug-likeness (QED) is 0.516. The molecule has 1 saturated heterocycles. The van der Waals surface area contributed by atoms with E-state index in [0.717, 1.165) is 5.92 Å². The van der Waals surface area contributed by atoms with Gasteiger partial charge in [0.25, 0.3) is 0 Å². The fourth-order valence-electron chi connectivity index (χ4n) is 1.67. The molecule has 0 aromatic carbocycles. The Hall–Kier alpha value is 0.690. The summed E-state index contributed by atoms with van der Waals surface area (Å²) in [6.07, 6.45) is 3.49. The van der Waals surface area contributed by atoms with Gasteiger partial charge in [0.15, 0.2) is 0 Å². The molecule has 3 atom stereocenters. The van der Waals surface area contributed by atoms with E-state index in [1.54, 1.807) is 0 Å². The average molecular weight is 254 g/mol. The minimum Gasteiger partial charge on any atom is -0.376 e. The third kappa shape index (κ3) is 2.38. The summed E-state index contributed by atoms with van der Waals surface area (Å²) >= 11 is 2.47. The summed E-state index contributed by atoms with van der Waals surface area (Å²) in [7, 11) is 0. The van der Waals surface area contributed by atoms with Crippen LogP contribution in [0.1, 0.15) is 26.7 Å². The van der Waals surface area contributed by atoms with Crippen molar-refractivity contribution in [3.05, 3.63) is 0 Å². The molecule has 0 aromatic rings. The second-order valence-electron chi connectivity index (χ2n) is 3.25.